The number of amides is 1. The van der Waals surface area contributed by atoms with Gasteiger partial charge in [0.25, 0.3) is 0 Å². The van der Waals surface area contributed by atoms with Crippen LogP contribution in [0.25, 0.3) is 11.3 Å². The Kier molecular flexibility index (Phi) is 5.72. The van der Waals surface area contributed by atoms with Gasteiger partial charge in [-0.25, -0.2) is 9.18 Å². The topological polar surface area (TPSA) is 69.0 Å². The molecule has 2 aromatic rings. The summed E-state index contributed by atoms with van der Waals surface area (Å²) < 4.78 is 31.2. The molecule has 1 amide bonds. The van der Waals surface area contributed by atoms with E-state index in [9.17, 15) is 14.0 Å². The lowest BCUT2D eigenvalue weighted by Crippen LogP contribution is -2.44. The number of hydrogen-bond donors (Lipinski definition) is 0. The number of benzene rings is 1. The van der Waals surface area contributed by atoms with E-state index in [1.807, 2.05) is 20.8 Å². The maximum atomic E-state index is 14.4. The van der Waals surface area contributed by atoms with E-state index in [4.69, 9.17) is 13.9 Å². The number of halogens is 1. The minimum absolute atomic E-state index is 0.0880. The van der Waals surface area contributed by atoms with E-state index < -0.39 is 11.4 Å². The number of nitrogens with zero attached hydrogens (tertiary/aromatic N) is 1. The molecule has 0 spiro atoms. The molecule has 1 saturated heterocycles. The second-order valence-corrected chi connectivity index (χ2v) is 7.72. The number of furan rings is 1. The molecule has 28 heavy (non-hydrogen) atoms. The first-order valence-corrected chi connectivity index (χ1v) is 9.25. The van der Waals surface area contributed by atoms with Crippen LogP contribution >= 0.6 is 0 Å². The van der Waals surface area contributed by atoms with Crippen LogP contribution in [0, 0.1) is 5.82 Å². The highest BCUT2D eigenvalue weighted by molar-refractivity contribution is 5.74. The summed E-state index contributed by atoms with van der Waals surface area (Å²) >= 11 is 0. The molecule has 0 unspecified atom stereocenters. The summed E-state index contributed by atoms with van der Waals surface area (Å²) in [5.74, 6) is 0.111. The first kappa shape index (κ1) is 19.9. The van der Waals surface area contributed by atoms with E-state index in [1.54, 1.807) is 23.1 Å². The number of carbonyl (C=O) groups excluding carboxylic acids is 2. The van der Waals surface area contributed by atoms with Crippen LogP contribution in [0.15, 0.2) is 34.7 Å². The van der Waals surface area contributed by atoms with Gasteiger partial charge in [0.1, 0.15) is 17.5 Å². The minimum atomic E-state index is -0.546. The normalized spacial score (nSPS) is 15.4. The van der Waals surface area contributed by atoms with E-state index in [1.165, 1.54) is 12.1 Å². The summed E-state index contributed by atoms with van der Waals surface area (Å²) in [7, 11) is 0. The van der Waals surface area contributed by atoms with Crippen LogP contribution in [0.4, 0.5) is 9.18 Å². The van der Waals surface area contributed by atoms with Gasteiger partial charge < -0.3 is 18.8 Å². The fraction of sp³-hybridized carbons (Fsp3) is 0.429. The Balaban J connectivity index is 1.68. The van der Waals surface area contributed by atoms with Crippen molar-refractivity contribution in [3.63, 3.8) is 0 Å². The van der Waals surface area contributed by atoms with Crippen molar-refractivity contribution in [1.82, 2.24) is 4.90 Å². The van der Waals surface area contributed by atoms with Crippen molar-refractivity contribution in [1.29, 1.82) is 0 Å². The molecular formula is C21H24FNO5. The zero-order chi connectivity index (χ0) is 20.3. The van der Waals surface area contributed by atoms with E-state index in [-0.39, 0.29) is 23.7 Å². The van der Waals surface area contributed by atoms with Gasteiger partial charge in [-0.2, -0.15) is 0 Å². The maximum absolute atomic E-state index is 14.4. The second kappa shape index (κ2) is 8.04. The average molecular weight is 389 g/mol. The van der Waals surface area contributed by atoms with Gasteiger partial charge in [-0.15, -0.1) is 0 Å². The van der Waals surface area contributed by atoms with Gasteiger partial charge in [0.05, 0.1) is 5.56 Å². The Morgan fingerprint density at radius 1 is 1.21 bits per heavy atom. The molecule has 0 atom stereocenters. The zero-order valence-corrected chi connectivity index (χ0v) is 16.2. The molecule has 7 heteroatoms. The number of rotatable bonds is 4. The fourth-order valence-corrected chi connectivity index (χ4v) is 3.03. The van der Waals surface area contributed by atoms with Crippen molar-refractivity contribution in [2.45, 2.75) is 45.3 Å². The molecule has 1 aromatic heterocycles. The van der Waals surface area contributed by atoms with Crippen molar-refractivity contribution in [2.24, 2.45) is 0 Å². The SMILES string of the molecule is CC(C)(C)OC(=O)N1CCC(Oc2c(F)cccc2-c2ccc(C=O)o2)CC1. The van der Waals surface area contributed by atoms with E-state index >= 15 is 0 Å². The molecule has 1 aliphatic rings. The maximum Gasteiger partial charge on any atom is 0.410 e. The Labute approximate surface area is 163 Å². The largest absolute Gasteiger partial charge is 0.486 e. The van der Waals surface area contributed by atoms with Crippen LogP contribution in [0.5, 0.6) is 5.75 Å². The van der Waals surface area contributed by atoms with Gasteiger partial charge in [-0.1, -0.05) is 6.07 Å². The van der Waals surface area contributed by atoms with Crippen LogP contribution in [-0.2, 0) is 4.74 Å². The molecule has 0 N–H and O–H groups in total. The van der Waals surface area contributed by atoms with Gasteiger partial charge in [0.15, 0.2) is 23.6 Å². The van der Waals surface area contributed by atoms with Crippen molar-refractivity contribution in [2.75, 3.05) is 13.1 Å². The lowest BCUT2D eigenvalue weighted by Gasteiger charge is -2.33. The third-order valence-corrected chi connectivity index (χ3v) is 4.35. The second-order valence-electron chi connectivity index (χ2n) is 7.72. The van der Waals surface area contributed by atoms with Crippen LogP contribution in [-0.4, -0.2) is 42.1 Å². The number of carbonyl (C=O) groups is 2. The third kappa shape index (κ3) is 4.71. The van der Waals surface area contributed by atoms with Crippen LogP contribution in [0.2, 0.25) is 0 Å². The summed E-state index contributed by atoms with van der Waals surface area (Å²) in [5.41, 5.74) is -0.0988. The molecule has 1 aliphatic heterocycles. The zero-order valence-electron chi connectivity index (χ0n) is 16.2. The first-order chi connectivity index (χ1) is 13.3. The predicted molar refractivity (Wildman–Crippen MR) is 101 cm³/mol. The molecule has 1 aromatic carbocycles. The molecule has 2 heterocycles. The van der Waals surface area contributed by atoms with E-state index in [0.29, 0.717) is 43.5 Å². The highest BCUT2D eigenvalue weighted by atomic mass is 19.1. The van der Waals surface area contributed by atoms with Crippen molar-refractivity contribution < 1.29 is 27.9 Å². The fourth-order valence-electron chi connectivity index (χ4n) is 3.03. The minimum Gasteiger partial charge on any atom is -0.486 e. The number of para-hydroxylation sites is 1. The monoisotopic (exact) mass is 389 g/mol. The number of piperidine rings is 1. The summed E-state index contributed by atoms with van der Waals surface area (Å²) in [6.45, 7) is 6.42. The Hall–Kier alpha value is -2.83. The smallest absolute Gasteiger partial charge is 0.410 e. The molecule has 6 nitrogen and oxygen atoms in total. The summed E-state index contributed by atoms with van der Waals surface area (Å²) in [6.07, 6.45) is 1.12. The Bertz CT molecular complexity index is 847. The number of likely N-dealkylation sites (tertiary alicyclic amines) is 1. The molecule has 0 saturated carbocycles. The van der Waals surface area contributed by atoms with Gasteiger partial charge in [0.2, 0.25) is 0 Å². The summed E-state index contributed by atoms with van der Waals surface area (Å²) in [5, 5.41) is 0. The lowest BCUT2D eigenvalue weighted by atomic mass is 10.1. The van der Waals surface area contributed by atoms with Crippen LogP contribution < -0.4 is 4.74 Å². The molecule has 3 rings (SSSR count). The molecular weight excluding hydrogens is 365 g/mol. The summed E-state index contributed by atoms with van der Waals surface area (Å²) in [4.78, 5) is 24.7. The first-order valence-electron chi connectivity index (χ1n) is 9.25. The highest BCUT2D eigenvalue weighted by Crippen LogP contribution is 2.35. The summed E-state index contributed by atoms with van der Waals surface area (Å²) in [6, 6.07) is 7.69. The Morgan fingerprint density at radius 3 is 2.54 bits per heavy atom. The number of hydrogen-bond acceptors (Lipinski definition) is 5. The van der Waals surface area contributed by atoms with Gasteiger partial charge in [-0.05, 0) is 45.0 Å². The van der Waals surface area contributed by atoms with E-state index in [2.05, 4.69) is 0 Å². The molecule has 0 bridgehead atoms. The number of aldehydes is 1. The van der Waals surface area contributed by atoms with Gasteiger partial charge >= 0.3 is 6.09 Å². The molecule has 0 aliphatic carbocycles. The van der Waals surface area contributed by atoms with Crippen molar-refractivity contribution in [3.05, 3.63) is 41.9 Å². The predicted octanol–water partition coefficient (Wildman–Crippen LogP) is 4.68. The molecule has 150 valence electrons. The molecule has 1 fully saturated rings. The van der Waals surface area contributed by atoms with Crippen LogP contribution in [0.3, 0.4) is 0 Å². The van der Waals surface area contributed by atoms with Crippen molar-refractivity contribution in [3.8, 4) is 17.1 Å². The standard InChI is InChI=1S/C21H24FNO5/c1-21(2,3)28-20(25)23-11-9-14(10-12-23)27-19-16(5-4-6-17(19)22)18-8-7-15(13-24)26-18/h4-8,13-14H,9-12H2,1-3H3. The van der Waals surface area contributed by atoms with Gasteiger partial charge in [-0.3, -0.25) is 4.79 Å². The molecule has 0 radical (unpaired) electrons. The Morgan fingerprint density at radius 2 is 1.93 bits per heavy atom. The van der Waals surface area contributed by atoms with Crippen LogP contribution in [0.1, 0.15) is 44.2 Å². The third-order valence-electron chi connectivity index (χ3n) is 4.35. The number of ether oxygens (including phenoxy) is 2. The average Bonchev–Trinajstić information content (AvgIpc) is 3.11. The van der Waals surface area contributed by atoms with Gasteiger partial charge in [0, 0.05) is 25.9 Å². The lowest BCUT2D eigenvalue weighted by molar-refractivity contribution is 0.0123. The van der Waals surface area contributed by atoms with E-state index in [0.717, 1.165) is 0 Å². The highest BCUT2D eigenvalue weighted by Gasteiger charge is 2.29. The quantitative estimate of drug-likeness (QED) is 0.711. The van der Waals surface area contributed by atoms with Crippen molar-refractivity contribution >= 4 is 12.4 Å².